The van der Waals surface area contributed by atoms with Gasteiger partial charge in [-0.2, -0.15) is 0 Å². The summed E-state index contributed by atoms with van der Waals surface area (Å²) in [5.41, 5.74) is 0.778. The molecule has 6 heteroatoms. The molecule has 25 heavy (non-hydrogen) atoms. The van der Waals surface area contributed by atoms with Crippen LogP contribution in [0.4, 0.5) is 5.69 Å². The van der Waals surface area contributed by atoms with Gasteiger partial charge >= 0.3 is 0 Å². The average molecular weight is 344 g/mol. The van der Waals surface area contributed by atoms with E-state index in [2.05, 4.69) is 16.6 Å². The van der Waals surface area contributed by atoms with Gasteiger partial charge < -0.3 is 20.1 Å². The molecular weight excluding hydrogens is 320 g/mol. The lowest BCUT2D eigenvalue weighted by Gasteiger charge is -2.24. The van der Waals surface area contributed by atoms with Gasteiger partial charge in [-0.1, -0.05) is 18.1 Å². The fourth-order valence-electron chi connectivity index (χ4n) is 2.52. The van der Waals surface area contributed by atoms with Crippen LogP contribution in [0.15, 0.2) is 24.3 Å². The van der Waals surface area contributed by atoms with E-state index in [0.29, 0.717) is 17.9 Å². The summed E-state index contributed by atoms with van der Waals surface area (Å²) >= 11 is 0. The van der Waals surface area contributed by atoms with Crippen LogP contribution in [0.2, 0.25) is 0 Å². The first-order valence-corrected chi connectivity index (χ1v) is 8.46. The van der Waals surface area contributed by atoms with Crippen molar-refractivity contribution in [2.75, 3.05) is 25.1 Å². The first kappa shape index (κ1) is 19.0. The van der Waals surface area contributed by atoms with Crippen LogP contribution in [0, 0.1) is 12.3 Å². The second kappa shape index (κ2) is 9.82. The SMILES string of the molecule is C#CCNC(=O)c1ccccc1NC(=O)C(C)OCC1CCCCO1. The van der Waals surface area contributed by atoms with Gasteiger partial charge in [-0.15, -0.1) is 6.42 Å². The highest BCUT2D eigenvalue weighted by molar-refractivity contribution is 6.04. The number of hydrogen-bond acceptors (Lipinski definition) is 4. The molecule has 1 fully saturated rings. The van der Waals surface area contributed by atoms with E-state index in [4.69, 9.17) is 15.9 Å². The molecule has 2 unspecified atom stereocenters. The fourth-order valence-corrected chi connectivity index (χ4v) is 2.52. The Bertz CT molecular complexity index is 633. The molecule has 0 aromatic heterocycles. The molecule has 2 rings (SSSR count). The van der Waals surface area contributed by atoms with Crippen LogP contribution in [-0.2, 0) is 14.3 Å². The maximum absolute atomic E-state index is 12.3. The molecule has 0 saturated carbocycles. The van der Waals surface area contributed by atoms with E-state index < -0.39 is 6.10 Å². The Balaban J connectivity index is 1.90. The average Bonchev–Trinajstić information content (AvgIpc) is 2.65. The van der Waals surface area contributed by atoms with Crippen molar-refractivity contribution in [2.24, 2.45) is 0 Å². The van der Waals surface area contributed by atoms with E-state index in [0.717, 1.165) is 25.9 Å². The minimum Gasteiger partial charge on any atom is -0.376 e. The number of benzene rings is 1. The van der Waals surface area contributed by atoms with Gasteiger partial charge in [0.15, 0.2) is 0 Å². The Morgan fingerprint density at radius 3 is 2.92 bits per heavy atom. The zero-order valence-corrected chi connectivity index (χ0v) is 14.4. The number of terminal acetylenes is 1. The van der Waals surface area contributed by atoms with Crippen molar-refractivity contribution in [3.63, 3.8) is 0 Å². The van der Waals surface area contributed by atoms with E-state index >= 15 is 0 Å². The molecule has 1 saturated heterocycles. The maximum Gasteiger partial charge on any atom is 0.254 e. The summed E-state index contributed by atoms with van der Waals surface area (Å²) < 4.78 is 11.2. The number of ether oxygens (including phenoxy) is 2. The molecule has 2 atom stereocenters. The Labute approximate surface area is 148 Å². The maximum atomic E-state index is 12.3. The van der Waals surface area contributed by atoms with Gasteiger partial charge in [0.2, 0.25) is 0 Å². The van der Waals surface area contributed by atoms with Crippen LogP contribution in [0.25, 0.3) is 0 Å². The molecule has 1 aliphatic rings. The standard InChI is InChI=1S/C19H24N2O4/c1-3-11-20-19(23)16-9-4-5-10-17(16)21-18(22)14(2)25-13-15-8-6-7-12-24-15/h1,4-5,9-10,14-15H,6-8,11-13H2,2H3,(H,20,23)(H,21,22). The van der Waals surface area contributed by atoms with E-state index in [1.54, 1.807) is 31.2 Å². The minimum atomic E-state index is -0.646. The molecular formula is C19H24N2O4. The Morgan fingerprint density at radius 2 is 2.20 bits per heavy atom. The number of para-hydroxylation sites is 1. The second-order valence-corrected chi connectivity index (χ2v) is 5.89. The van der Waals surface area contributed by atoms with Gasteiger partial charge in [0.25, 0.3) is 11.8 Å². The van der Waals surface area contributed by atoms with E-state index in [-0.39, 0.29) is 24.5 Å². The molecule has 1 aromatic rings. The summed E-state index contributed by atoms with van der Waals surface area (Å²) in [4.78, 5) is 24.4. The number of nitrogens with one attached hydrogen (secondary N) is 2. The summed E-state index contributed by atoms with van der Waals surface area (Å²) in [6.45, 7) is 2.94. The summed E-state index contributed by atoms with van der Waals surface area (Å²) in [6.07, 6.45) is 7.69. The number of carbonyl (C=O) groups is 2. The third kappa shape index (κ3) is 5.89. The Hall–Kier alpha value is -2.36. The van der Waals surface area contributed by atoms with Crippen molar-refractivity contribution in [3.8, 4) is 12.3 Å². The number of amides is 2. The molecule has 2 amide bonds. The Morgan fingerprint density at radius 1 is 1.40 bits per heavy atom. The summed E-state index contributed by atoms with van der Waals surface area (Å²) in [7, 11) is 0. The monoisotopic (exact) mass is 344 g/mol. The van der Waals surface area contributed by atoms with E-state index in [1.807, 2.05) is 0 Å². The second-order valence-electron chi connectivity index (χ2n) is 5.89. The lowest BCUT2D eigenvalue weighted by molar-refractivity contribution is -0.130. The lowest BCUT2D eigenvalue weighted by atomic mass is 10.1. The highest BCUT2D eigenvalue weighted by Gasteiger charge is 2.20. The third-order valence-corrected chi connectivity index (χ3v) is 3.96. The van der Waals surface area contributed by atoms with Crippen LogP contribution < -0.4 is 10.6 Å². The zero-order valence-electron chi connectivity index (χ0n) is 14.4. The van der Waals surface area contributed by atoms with Gasteiger partial charge in [0, 0.05) is 6.61 Å². The van der Waals surface area contributed by atoms with Crippen LogP contribution >= 0.6 is 0 Å². The van der Waals surface area contributed by atoms with Crippen LogP contribution in [0.1, 0.15) is 36.5 Å². The van der Waals surface area contributed by atoms with Gasteiger partial charge in [-0.05, 0) is 38.3 Å². The quantitative estimate of drug-likeness (QED) is 0.742. The summed E-state index contributed by atoms with van der Waals surface area (Å²) in [5.74, 6) is 1.70. The molecule has 134 valence electrons. The molecule has 2 N–H and O–H groups in total. The number of anilines is 1. The van der Waals surface area contributed by atoms with Crippen LogP contribution in [0.3, 0.4) is 0 Å². The fraction of sp³-hybridized carbons (Fsp3) is 0.474. The van der Waals surface area contributed by atoms with E-state index in [1.165, 1.54) is 0 Å². The normalized spacial score (nSPS) is 18.0. The third-order valence-electron chi connectivity index (χ3n) is 3.96. The number of carbonyl (C=O) groups excluding carboxylic acids is 2. The molecule has 1 heterocycles. The van der Waals surface area contributed by atoms with Gasteiger partial charge in [-0.25, -0.2) is 0 Å². The van der Waals surface area contributed by atoms with Crippen LogP contribution in [0.5, 0.6) is 0 Å². The van der Waals surface area contributed by atoms with Crippen molar-refractivity contribution < 1.29 is 19.1 Å². The van der Waals surface area contributed by atoms with Crippen LogP contribution in [-0.4, -0.2) is 43.8 Å². The molecule has 0 bridgehead atoms. The highest BCUT2D eigenvalue weighted by atomic mass is 16.5. The first-order chi connectivity index (χ1) is 12.1. The zero-order chi connectivity index (χ0) is 18.1. The molecule has 0 radical (unpaired) electrons. The van der Waals surface area contributed by atoms with Crippen molar-refractivity contribution in [1.29, 1.82) is 0 Å². The van der Waals surface area contributed by atoms with Gasteiger partial charge in [0.1, 0.15) is 6.10 Å². The lowest BCUT2D eigenvalue weighted by Crippen LogP contribution is -2.33. The first-order valence-electron chi connectivity index (χ1n) is 8.46. The van der Waals surface area contributed by atoms with Gasteiger partial charge in [-0.3, -0.25) is 9.59 Å². The topological polar surface area (TPSA) is 76.7 Å². The van der Waals surface area contributed by atoms with Crippen molar-refractivity contribution in [3.05, 3.63) is 29.8 Å². The summed E-state index contributed by atoms with van der Waals surface area (Å²) in [6, 6.07) is 6.76. The molecule has 1 aromatic carbocycles. The largest absolute Gasteiger partial charge is 0.376 e. The molecule has 0 spiro atoms. The van der Waals surface area contributed by atoms with Crippen molar-refractivity contribution in [1.82, 2.24) is 5.32 Å². The predicted octanol–water partition coefficient (Wildman–Crippen LogP) is 1.96. The summed E-state index contributed by atoms with van der Waals surface area (Å²) in [5, 5.41) is 5.32. The smallest absolute Gasteiger partial charge is 0.254 e. The molecule has 1 aliphatic heterocycles. The molecule has 6 nitrogen and oxygen atoms in total. The predicted molar refractivity (Wildman–Crippen MR) is 95.2 cm³/mol. The van der Waals surface area contributed by atoms with E-state index in [9.17, 15) is 9.59 Å². The molecule has 0 aliphatic carbocycles. The highest BCUT2D eigenvalue weighted by Crippen LogP contribution is 2.17. The number of rotatable bonds is 7. The van der Waals surface area contributed by atoms with Crippen molar-refractivity contribution >= 4 is 17.5 Å². The number of hydrogen-bond donors (Lipinski definition) is 2. The van der Waals surface area contributed by atoms with Gasteiger partial charge in [0.05, 0.1) is 30.5 Å². The minimum absolute atomic E-state index is 0.0471. The van der Waals surface area contributed by atoms with Crippen molar-refractivity contribution in [2.45, 2.75) is 38.4 Å². The Kier molecular flexibility index (Phi) is 7.45.